The Hall–Kier alpha value is -2.62. The minimum absolute atomic E-state index is 0.0912. The number of nitrogens with one attached hydrogen (secondary N) is 1. The van der Waals surface area contributed by atoms with Crippen LogP contribution in [0.1, 0.15) is 16.2 Å². The van der Waals surface area contributed by atoms with Gasteiger partial charge >= 0.3 is 0 Å². The molecule has 4 nitrogen and oxygen atoms in total. The van der Waals surface area contributed by atoms with Crippen LogP contribution in [-0.4, -0.2) is 29.8 Å². The number of fused-ring (bicyclic) bond motifs is 1. The van der Waals surface area contributed by atoms with Crippen molar-refractivity contribution >= 4 is 22.5 Å². The number of para-hydroxylation sites is 2. The number of carbonyl (C=O) groups is 1. The number of ketones is 1. The van der Waals surface area contributed by atoms with E-state index in [4.69, 9.17) is 0 Å². The van der Waals surface area contributed by atoms with E-state index in [9.17, 15) is 4.79 Å². The fraction of sp³-hybridized carbons (Fsp3) is 0.125. The average molecular weight is 265 g/mol. The van der Waals surface area contributed by atoms with Gasteiger partial charge in [-0.25, -0.2) is 4.98 Å². The molecule has 0 spiro atoms. The van der Waals surface area contributed by atoms with Crippen molar-refractivity contribution in [2.24, 2.45) is 0 Å². The van der Waals surface area contributed by atoms with E-state index in [-0.39, 0.29) is 5.78 Å². The first kappa shape index (κ1) is 12.4. The van der Waals surface area contributed by atoms with Crippen molar-refractivity contribution in [3.63, 3.8) is 0 Å². The van der Waals surface area contributed by atoms with Gasteiger partial charge in [-0.05, 0) is 36.4 Å². The molecule has 2 aromatic carbocycles. The van der Waals surface area contributed by atoms with Crippen LogP contribution in [0.3, 0.4) is 0 Å². The van der Waals surface area contributed by atoms with E-state index in [1.807, 2.05) is 67.5 Å². The predicted octanol–water partition coefficient (Wildman–Crippen LogP) is 2.86. The number of benzene rings is 2. The maximum absolute atomic E-state index is 12.4. The Morgan fingerprint density at radius 1 is 1.05 bits per heavy atom. The molecule has 20 heavy (non-hydrogen) atoms. The monoisotopic (exact) mass is 265 g/mol. The molecule has 1 heterocycles. The molecule has 0 atom stereocenters. The van der Waals surface area contributed by atoms with Crippen molar-refractivity contribution in [3.05, 3.63) is 59.9 Å². The second-order valence-electron chi connectivity index (χ2n) is 4.87. The maximum atomic E-state index is 12.4. The first-order valence-electron chi connectivity index (χ1n) is 6.42. The van der Waals surface area contributed by atoms with Crippen LogP contribution < -0.4 is 4.90 Å². The molecular formula is C16H15N3O. The minimum Gasteiger partial charge on any atom is -0.378 e. The molecule has 3 rings (SSSR count). The topological polar surface area (TPSA) is 49.0 Å². The molecule has 100 valence electrons. The number of aromatic nitrogens is 2. The van der Waals surface area contributed by atoms with Crippen LogP contribution in [0.25, 0.3) is 11.0 Å². The number of imidazole rings is 1. The zero-order valence-electron chi connectivity index (χ0n) is 11.4. The molecule has 0 aliphatic carbocycles. The lowest BCUT2D eigenvalue weighted by Crippen LogP contribution is -2.09. The van der Waals surface area contributed by atoms with Crippen molar-refractivity contribution in [1.82, 2.24) is 9.97 Å². The summed E-state index contributed by atoms with van der Waals surface area (Å²) in [6, 6.07) is 15.1. The number of aromatic amines is 1. The molecule has 0 radical (unpaired) electrons. The number of anilines is 1. The standard InChI is InChI=1S/C16H15N3O/c1-19(2)12-9-7-11(8-10-12)15(20)16-17-13-5-3-4-6-14(13)18-16/h3-10H,1-2H3,(H,17,18). The Balaban J connectivity index is 1.95. The summed E-state index contributed by atoms with van der Waals surface area (Å²) in [4.78, 5) is 21.8. The zero-order valence-corrected chi connectivity index (χ0v) is 11.4. The minimum atomic E-state index is -0.0912. The van der Waals surface area contributed by atoms with Crippen molar-refractivity contribution < 1.29 is 4.79 Å². The Bertz CT molecular complexity index is 724. The summed E-state index contributed by atoms with van der Waals surface area (Å²) in [6.07, 6.45) is 0. The molecule has 0 saturated carbocycles. The Morgan fingerprint density at radius 2 is 1.75 bits per heavy atom. The normalized spacial score (nSPS) is 10.7. The van der Waals surface area contributed by atoms with Gasteiger partial charge in [0.15, 0.2) is 5.82 Å². The van der Waals surface area contributed by atoms with E-state index in [1.165, 1.54) is 0 Å². The highest BCUT2D eigenvalue weighted by Gasteiger charge is 2.13. The summed E-state index contributed by atoms with van der Waals surface area (Å²) >= 11 is 0. The van der Waals surface area contributed by atoms with Gasteiger partial charge in [0, 0.05) is 25.3 Å². The van der Waals surface area contributed by atoms with E-state index in [0.717, 1.165) is 16.7 Å². The highest BCUT2D eigenvalue weighted by atomic mass is 16.1. The van der Waals surface area contributed by atoms with E-state index in [0.29, 0.717) is 11.4 Å². The smallest absolute Gasteiger partial charge is 0.228 e. The molecule has 3 aromatic rings. The van der Waals surface area contributed by atoms with Gasteiger partial charge in [0.2, 0.25) is 5.78 Å². The van der Waals surface area contributed by atoms with Crippen molar-refractivity contribution in [2.75, 3.05) is 19.0 Å². The van der Waals surface area contributed by atoms with Crippen LogP contribution in [0.4, 0.5) is 5.69 Å². The average Bonchev–Trinajstić information content (AvgIpc) is 2.90. The van der Waals surface area contributed by atoms with Crippen LogP contribution in [0.15, 0.2) is 48.5 Å². The third-order valence-electron chi connectivity index (χ3n) is 3.25. The fourth-order valence-corrected chi connectivity index (χ4v) is 2.11. The predicted molar refractivity (Wildman–Crippen MR) is 80.3 cm³/mol. The van der Waals surface area contributed by atoms with Crippen LogP contribution in [0, 0.1) is 0 Å². The van der Waals surface area contributed by atoms with Gasteiger partial charge in [0.05, 0.1) is 11.0 Å². The molecule has 1 aromatic heterocycles. The molecule has 0 bridgehead atoms. The molecule has 0 aliphatic heterocycles. The second kappa shape index (κ2) is 4.81. The molecule has 0 fully saturated rings. The molecule has 4 heteroatoms. The lowest BCUT2D eigenvalue weighted by Gasteiger charge is -2.12. The van der Waals surface area contributed by atoms with Crippen LogP contribution >= 0.6 is 0 Å². The van der Waals surface area contributed by atoms with Crippen LogP contribution in [-0.2, 0) is 0 Å². The number of H-pyrrole nitrogens is 1. The maximum Gasteiger partial charge on any atom is 0.228 e. The molecule has 0 aliphatic rings. The molecule has 0 unspecified atom stereocenters. The summed E-state index contributed by atoms with van der Waals surface area (Å²) in [5.74, 6) is 0.287. The van der Waals surface area contributed by atoms with Gasteiger partial charge < -0.3 is 9.88 Å². The van der Waals surface area contributed by atoms with Gasteiger partial charge in [0.25, 0.3) is 0 Å². The summed E-state index contributed by atoms with van der Waals surface area (Å²) in [5, 5.41) is 0. The Morgan fingerprint density at radius 3 is 2.40 bits per heavy atom. The molecule has 0 saturated heterocycles. The largest absolute Gasteiger partial charge is 0.378 e. The zero-order chi connectivity index (χ0) is 14.1. The van der Waals surface area contributed by atoms with E-state index < -0.39 is 0 Å². The van der Waals surface area contributed by atoms with Gasteiger partial charge in [-0.2, -0.15) is 0 Å². The summed E-state index contributed by atoms with van der Waals surface area (Å²) < 4.78 is 0. The number of nitrogens with zero attached hydrogens (tertiary/aromatic N) is 2. The SMILES string of the molecule is CN(C)c1ccc(C(=O)c2nc3ccccc3[nH]2)cc1. The number of carbonyl (C=O) groups excluding carboxylic acids is 1. The van der Waals surface area contributed by atoms with Crippen molar-refractivity contribution in [3.8, 4) is 0 Å². The first-order valence-corrected chi connectivity index (χ1v) is 6.42. The third-order valence-corrected chi connectivity index (χ3v) is 3.25. The van der Waals surface area contributed by atoms with Gasteiger partial charge in [-0.15, -0.1) is 0 Å². The quantitative estimate of drug-likeness (QED) is 0.741. The number of hydrogen-bond acceptors (Lipinski definition) is 3. The summed E-state index contributed by atoms with van der Waals surface area (Å²) in [5.41, 5.74) is 3.38. The molecular weight excluding hydrogens is 250 g/mol. The van der Waals surface area contributed by atoms with E-state index >= 15 is 0 Å². The van der Waals surface area contributed by atoms with E-state index in [2.05, 4.69) is 9.97 Å². The highest BCUT2D eigenvalue weighted by molar-refractivity contribution is 6.08. The lowest BCUT2D eigenvalue weighted by molar-refractivity contribution is 0.103. The molecule has 0 amide bonds. The van der Waals surface area contributed by atoms with Crippen LogP contribution in [0.2, 0.25) is 0 Å². The first-order chi connectivity index (χ1) is 9.65. The summed E-state index contributed by atoms with van der Waals surface area (Å²) in [7, 11) is 3.94. The van der Waals surface area contributed by atoms with Crippen LogP contribution in [0.5, 0.6) is 0 Å². The fourth-order valence-electron chi connectivity index (χ4n) is 2.11. The molecule has 1 N–H and O–H groups in total. The number of rotatable bonds is 3. The highest BCUT2D eigenvalue weighted by Crippen LogP contribution is 2.16. The lowest BCUT2D eigenvalue weighted by atomic mass is 10.1. The summed E-state index contributed by atoms with van der Waals surface area (Å²) in [6.45, 7) is 0. The number of hydrogen-bond donors (Lipinski definition) is 1. The van der Waals surface area contributed by atoms with Crippen molar-refractivity contribution in [2.45, 2.75) is 0 Å². The van der Waals surface area contributed by atoms with Gasteiger partial charge in [-0.3, -0.25) is 4.79 Å². The Labute approximate surface area is 117 Å². The Kier molecular flexibility index (Phi) is 2.99. The van der Waals surface area contributed by atoms with Crippen molar-refractivity contribution in [1.29, 1.82) is 0 Å². The third kappa shape index (κ3) is 2.16. The van der Waals surface area contributed by atoms with Gasteiger partial charge in [-0.1, -0.05) is 12.1 Å². The second-order valence-corrected chi connectivity index (χ2v) is 4.87. The van der Waals surface area contributed by atoms with E-state index in [1.54, 1.807) is 0 Å². The van der Waals surface area contributed by atoms with Gasteiger partial charge in [0.1, 0.15) is 0 Å².